The van der Waals surface area contributed by atoms with Crippen molar-refractivity contribution in [3.63, 3.8) is 0 Å². The summed E-state index contributed by atoms with van der Waals surface area (Å²) in [5, 5.41) is 0. The number of halogens is 1. The molecule has 3 aromatic carbocycles. The highest BCUT2D eigenvalue weighted by Gasteiger charge is 2.37. The van der Waals surface area contributed by atoms with Gasteiger partial charge < -0.3 is 14.2 Å². The van der Waals surface area contributed by atoms with Crippen LogP contribution in [-0.2, 0) is 4.79 Å². The van der Waals surface area contributed by atoms with Crippen molar-refractivity contribution in [2.45, 2.75) is 45.6 Å². The van der Waals surface area contributed by atoms with Gasteiger partial charge in [0.1, 0.15) is 24.2 Å². The highest BCUT2D eigenvalue weighted by atomic mass is 19.1. The lowest BCUT2D eigenvalue weighted by atomic mass is 9.97. The minimum absolute atomic E-state index is 0.0830. The summed E-state index contributed by atoms with van der Waals surface area (Å²) in [4.78, 5) is 31.4. The molecule has 0 N–H and O–H groups in total. The van der Waals surface area contributed by atoms with Gasteiger partial charge in [0.25, 0.3) is 5.91 Å². The van der Waals surface area contributed by atoms with Gasteiger partial charge in [-0.15, -0.1) is 0 Å². The lowest BCUT2D eigenvalue weighted by Crippen LogP contribution is -2.47. The zero-order chi connectivity index (χ0) is 28.8. The number of ether oxygens (including phenoxy) is 1. The molecular weight excluding hydrogens is 517 g/mol. The number of amides is 2. The van der Waals surface area contributed by atoms with Crippen molar-refractivity contribution >= 4 is 17.5 Å². The fourth-order valence-corrected chi connectivity index (χ4v) is 5.27. The van der Waals surface area contributed by atoms with Crippen LogP contribution in [0.4, 0.5) is 10.1 Å². The molecule has 0 radical (unpaired) electrons. The Hall–Kier alpha value is -4.39. The monoisotopic (exact) mass is 553 g/mol. The van der Waals surface area contributed by atoms with Crippen molar-refractivity contribution in [3.05, 3.63) is 114 Å². The molecular formula is C34H36FN3O3. The first kappa shape index (κ1) is 28.1. The van der Waals surface area contributed by atoms with Crippen LogP contribution in [0.2, 0.25) is 0 Å². The number of fused-ring (bicyclic) bond motifs is 3. The number of unbranched alkanes of at least 4 members (excludes halogenated alkanes) is 2. The van der Waals surface area contributed by atoms with E-state index < -0.39 is 6.04 Å². The van der Waals surface area contributed by atoms with Gasteiger partial charge in [0.15, 0.2) is 0 Å². The maximum Gasteiger partial charge on any atom is 0.254 e. The Morgan fingerprint density at radius 2 is 1.56 bits per heavy atom. The number of hydrogen-bond donors (Lipinski definition) is 0. The Labute approximate surface area is 241 Å². The van der Waals surface area contributed by atoms with E-state index >= 15 is 0 Å². The first-order valence-electron chi connectivity index (χ1n) is 14.4. The van der Waals surface area contributed by atoms with Gasteiger partial charge in [-0.25, -0.2) is 4.39 Å². The highest BCUT2D eigenvalue weighted by molar-refractivity contribution is 6.02. The summed E-state index contributed by atoms with van der Waals surface area (Å²) in [6.45, 7) is 5.19. The summed E-state index contributed by atoms with van der Waals surface area (Å²) >= 11 is 0. The average molecular weight is 554 g/mol. The third kappa shape index (κ3) is 6.04. The Kier molecular flexibility index (Phi) is 8.82. The van der Waals surface area contributed by atoms with Crippen LogP contribution in [0.15, 0.2) is 91.1 Å². The van der Waals surface area contributed by atoms with E-state index in [9.17, 15) is 14.0 Å². The summed E-state index contributed by atoms with van der Waals surface area (Å²) in [5.74, 6) is -0.0142. The molecule has 1 aliphatic heterocycles. The molecule has 2 heterocycles. The van der Waals surface area contributed by atoms with Crippen LogP contribution in [0.3, 0.4) is 0 Å². The number of carbonyl (C=O) groups is 2. The maximum atomic E-state index is 14.3. The van der Waals surface area contributed by atoms with Crippen LogP contribution in [0.1, 0.15) is 67.2 Å². The SMILES string of the molecule is CCCCOc1ccc(C(=O)N(CCCC)CC(=O)N2c3ccccc3-n3cccc3C2c2ccc(F)cc2)cc1. The van der Waals surface area contributed by atoms with Gasteiger partial charge in [0.05, 0.1) is 23.7 Å². The molecule has 5 rings (SSSR count). The Morgan fingerprint density at radius 1 is 0.854 bits per heavy atom. The van der Waals surface area contributed by atoms with E-state index in [-0.39, 0.29) is 24.2 Å². The van der Waals surface area contributed by atoms with Crippen LogP contribution in [0.25, 0.3) is 5.69 Å². The molecule has 1 unspecified atom stereocenters. The molecule has 0 aliphatic carbocycles. The molecule has 7 heteroatoms. The predicted molar refractivity (Wildman–Crippen MR) is 159 cm³/mol. The van der Waals surface area contributed by atoms with Crippen LogP contribution in [0, 0.1) is 5.82 Å². The minimum atomic E-state index is -0.476. The van der Waals surface area contributed by atoms with Crippen LogP contribution < -0.4 is 9.64 Å². The Bertz CT molecular complexity index is 1480. The van der Waals surface area contributed by atoms with Crippen LogP contribution >= 0.6 is 0 Å². The normalized spacial score (nSPS) is 13.8. The summed E-state index contributed by atoms with van der Waals surface area (Å²) in [7, 11) is 0. The van der Waals surface area contributed by atoms with E-state index in [4.69, 9.17) is 4.74 Å². The van der Waals surface area contributed by atoms with E-state index in [0.29, 0.717) is 18.7 Å². The van der Waals surface area contributed by atoms with Crippen molar-refractivity contribution in [1.29, 1.82) is 0 Å². The number of rotatable bonds is 11. The van der Waals surface area contributed by atoms with Gasteiger partial charge in [-0.3, -0.25) is 14.5 Å². The fraction of sp³-hybridized carbons (Fsp3) is 0.294. The third-order valence-electron chi connectivity index (χ3n) is 7.44. The second-order valence-corrected chi connectivity index (χ2v) is 10.3. The zero-order valence-corrected chi connectivity index (χ0v) is 23.6. The first-order valence-corrected chi connectivity index (χ1v) is 14.4. The second kappa shape index (κ2) is 12.9. The summed E-state index contributed by atoms with van der Waals surface area (Å²) in [5.41, 5.74) is 3.82. The molecule has 2 amide bonds. The molecule has 41 heavy (non-hydrogen) atoms. The van der Waals surface area contributed by atoms with Crippen molar-refractivity contribution in [2.75, 3.05) is 24.6 Å². The van der Waals surface area contributed by atoms with E-state index in [0.717, 1.165) is 54.1 Å². The molecule has 1 aliphatic rings. The van der Waals surface area contributed by atoms with E-state index in [1.54, 1.807) is 34.1 Å². The lowest BCUT2D eigenvalue weighted by molar-refractivity contribution is -0.119. The number of para-hydroxylation sites is 2. The number of carbonyl (C=O) groups excluding carboxylic acids is 2. The fourth-order valence-electron chi connectivity index (χ4n) is 5.27. The highest BCUT2D eigenvalue weighted by Crippen LogP contribution is 2.42. The summed E-state index contributed by atoms with van der Waals surface area (Å²) < 4.78 is 21.7. The quantitative estimate of drug-likeness (QED) is 0.185. The molecule has 0 bridgehead atoms. The summed E-state index contributed by atoms with van der Waals surface area (Å²) in [6.07, 6.45) is 5.65. The molecule has 1 aromatic heterocycles. The van der Waals surface area contributed by atoms with Crippen LogP contribution in [0.5, 0.6) is 5.75 Å². The topological polar surface area (TPSA) is 54.8 Å². The van der Waals surface area contributed by atoms with E-state index in [1.807, 2.05) is 54.7 Å². The number of aromatic nitrogens is 1. The molecule has 1 atom stereocenters. The van der Waals surface area contributed by atoms with Gasteiger partial charge in [-0.2, -0.15) is 0 Å². The standard InChI is InChI=1S/C34H36FN3O3/c1-3-5-21-36(34(40)26-15-19-28(20-16-26)41-23-6-4-2)24-32(39)38-30-11-8-7-10-29(30)37-22-9-12-31(37)33(38)25-13-17-27(35)18-14-25/h7-20,22,33H,3-6,21,23-24H2,1-2H3. The number of hydrogen-bond acceptors (Lipinski definition) is 3. The van der Waals surface area contributed by atoms with Crippen molar-refractivity contribution < 1.29 is 18.7 Å². The predicted octanol–water partition coefficient (Wildman–Crippen LogP) is 7.17. The minimum Gasteiger partial charge on any atom is -0.494 e. The molecule has 0 saturated carbocycles. The molecule has 0 saturated heterocycles. The van der Waals surface area contributed by atoms with Gasteiger partial charge in [-0.1, -0.05) is 51.0 Å². The molecule has 4 aromatic rings. The molecule has 0 fully saturated rings. The number of nitrogens with zero attached hydrogens (tertiary/aromatic N) is 3. The Balaban J connectivity index is 1.46. The lowest BCUT2D eigenvalue weighted by Gasteiger charge is -2.39. The van der Waals surface area contributed by atoms with Gasteiger partial charge in [0, 0.05) is 18.3 Å². The average Bonchev–Trinajstić information content (AvgIpc) is 3.49. The van der Waals surface area contributed by atoms with E-state index in [1.165, 1.54) is 12.1 Å². The Morgan fingerprint density at radius 3 is 2.27 bits per heavy atom. The molecule has 0 spiro atoms. The van der Waals surface area contributed by atoms with Crippen molar-refractivity contribution in [1.82, 2.24) is 9.47 Å². The maximum absolute atomic E-state index is 14.3. The zero-order valence-electron chi connectivity index (χ0n) is 23.6. The second-order valence-electron chi connectivity index (χ2n) is 10.3. The third-order valence-corrected chi connectivity index (χ3v) is 7.44. The first-order chi connectivity index (χ1) is 20.0. The van der Waals surface area contributed by atoms with Crippen LogP contribution in [-0.4, -0.2) is 41.0 Å². The van der Waals surface area contributed by atoms with Gasteiger partial charge in [0.2, 0.25) is 5.91 Å². The summed E-state index contributed by atoms with van der Waals surface area (Å²) in [6, 6.07) is 24.6. The van der Waals surface area contributed by atoms with Gasteiger partial charge in [-0.05, 0) is 79.1 Å². The molecule has 212 valence electrons. The number of anilines is 1. The van der Waals surface area contributed by atoms with Crippen molar-refractivity contribution in [2.24, 2.45) is 0 Å². The van der Waals surface area contributed by atoms with Gasteiger partial charge >= 0.3 is 0 Å². The smallest absolute Gasteiger partial charge is 0.254 e. The van der Waals surface area contributed by atoms with E-state index in [2.05, 4.69) is 18.4 Å². The largest absolute Gasteiger partial charge is 0.494 e. The van der Waals surface area contributed by atoms with Crippen molar-refractivity contribution in [3.8, 4) is 11.4 Å². The number of benzene rings is 3. The molecule has 6 nitrogen and oxygen atoms in total.